The van der Waals surface area contributed by atoms with Crippen molar-refractivity contribution in [3.05, 3.63) is 96.2 Å². The summed E-state index contributed by atoms with van der Waals surface area (Å²) in [6.07, 6.45) is 10.5. The number of benzene rings is 1. The predicted octanol–water partition coefficient (Wildman–Crippen LogP) is 7.45. The highest BCUT2D eigenvalue weighted by Crippen LogP contribution is 2.38. The van der Waals surface area contributed by atoms with Crippen molar-refractivity contribution in [2.45, 2.75) is 179 Å². The Morgan fingerprint density at radius 3 is 2.31 bits per heavy atom. The van der Waals surface area contributed by atoms with Gasteiger partial charge in [0.25, 0.3) is 11.7 Å². The van der Waals surface area contributed by atoms with Crippen LogP contribution in [0.1, 0.15) is 130 Å². The first-order valence-corrected chi connectivity index (χ1v) is 26.8. The molecule has 3 aliphatic heterocycles. The number of piperidine rings is 1. The molecule has 1 aliphatic carbocycles. The molecule has 15 heteroatoms. The van der Waals surface area contributed by atoms with E-state index in [9.17, 15) is 44.4 Å². The molecule has 1 saturated carbocycles. The van der Waals surface area contributed by atoms with E-state index in [1.165, 1.54) is 12.0 Å². The number of nitrogens with zero attached hydrogens (tertiary/aromatic N) is 1. The molecule has 2 saturated heterocycles. The Hall–Kier alpha value is -4.45. The molecule has 5 rings (SSSR count). The summed E-state index contributed by atoms with van der Waals surface area (Å²) in [5, 5.41) is 45.4. The summed E-state index contributed by atoms with van der Waals surface area (Å²) in [7, 11) is 2.92. The zero-order valence-electron chi connectivity index (χ0n) is 45.0. The molecule has 0 radical (unpaired) electrons. The van der Waals surface area contributed by atoms with Gasteiger partial charge in [-0.2, -0.15) is 0 Å². The van der Waals surface area contributed by atoms with Crippen LogP contribution in [0, 0.1) is 35.5 Å². The first-order valence-electron chi connectivity index (χ1n) is 26.8. The number of amides is 1. The standard InChI is InChI=1S/C59H85NO14/c1-10-42-20-14-11-13-19-36(2)50(72-35-49(63)44-21-15-12-16-22-44)33-45-26-24-41(7)59(69,74-45)56(66)57(67)60-28-18-17-23-46(60)58(68)73-51(38(4)30-43-25-27-47(61)52(32-43)70-8)34-48(62)37(3)29-39(5)53(64)55(71-9)54(65)40(6)31-42/h10-16,19-22,29,37-38,40-43,45-47,49-53,55,61,63-64,69H,1,17-18,23-28,30-35H2,2-9H3/b13-11+,20-14+,36-19+,39-29+/t37-,38-,40-,41-,42-,43+,45+,46?,47-,49-,50?,51+,52-,53-,55-,59-/m1/s1. The number of carbonyl (C=O) groups excluding carboxylic acids is 5. The number of carbonyl (C=O) groups is 5. The zero-order valence-corrected chi connectivity index (χ0v) is 45.0. The number of Topliss-reactive ketones (excluding diaryl/α,β-unsaturated/α-hetero) is 3. The lowest BCUT2D eigenvalue weighted by molar-refractivity contribution is -0.266. The molecule has 1 aromatic carbocycles. The van der Waals surface area contributed by atoms with Gasteiger partial charge in [0.1, 0.15) is 36.2 Å². The zero-order chi connectivity index (χ0) is 54.3. The second kappa shape index (κ2) is 28.6. The highest BCUT2D eigenvalue weighted by atomic mass is 16.6. The number of methoxy groups -OCH3 is 2. The van der Waals surface area contributed by atoms with Crippen LogP contribution in [0.25, 0.3) is 0 Å². The van der Waals surface area contributed by atoms with E-state index in [2.05, 4.69) is 6.58 Å². The second-order valence-corrected chi connectivity index (χ2v) is 21.5. The monoisotopic (exact) mass is 1030 g/mol. The maximum atomic E-state index is 14.5. The average Bonchev–Trinajstić information content (AvgIpc) is 3.39. The SMILES string of the molecule is C=C[C@@H]1/C=C/C=C/C=C(\C)C(OC[C@@H](O)c2ccccc2)C[C@@H]2CC[C@@H](C)[C@@](O)(O2)C(=O)C(=O)N2CCCCC2C(=O)O[C@H]([C@H](C)C[C@@H]2CC[C@@H](O)[C@H](OC)C2)CC(=O)[C@H](C)/C=C(\C)[C@@H](O)[C@@H](OC)C(=O)[C@H](C)C1. The molecule has 3 heterocycles. The Labute approximate surface area is 439 Å². The molecule has 2 unspecified atom stereocenters. The van der Waals surface area contributed by atoms with Gasteiger partial charge in [0.2, 0.25) is 5.79 Å². The molecule has 74 heavy (non-hydrogen) atoms. The quantitative estimate of drug-likeness (QED) is 0.102. The van der Waals surface area contributed by atoms with Crippen LogP contribution in [0.2, 0.25) is 0 Å². The minimum absolute atomic E-state index is 0.0496. The Morgan fingerprint density at radius 2 is 1.62 bits per heavy atom. The first kappa shape index (κ1) is 60.4. The molecule has 4 aliphatic rings. The fraction of sp³-hybridized carbons (Fsp3) is 0.644. The molecule has 16 atom stereocenters. The van der Waals surface area contributed by atoms with E-state index >= 15 is 0 Å². The largest absolute Gasteiger partial charge is 0.460 e. The van der Waals surface area contributed by atoms with Gasteiger partial charge in [-0.3, -0.25) is 19.2 Å². The summed E-state index contributed by atoms with van der Waals surface area (Å²) in [5.74, 6) is -8.76. The van der Waals surface area contributed by atoms with Crippen LogP contribution in [-0.4, -0.2) is 136 Å². The topological polar surface area (TPSA) is 216 Å². The van der Waals surface area contributed by atoms with E-state index < -0.39 is 90.0 Å². The van der Waals surface area contributed by atoms with Crippen LogP contribution in [0.15, 0.2) is 90.6 Å². The van der Waals surface area contributed by atoms with Crippen LogP contribution >= 0.6 is 0 Å². The highest BCUT2D eigenvalue weighted by molar-refractivity contribution is 6.39. The minimum Gasteiger partial charge on any atom is -0.460 e. The number of allylic oxidation sites excluding steroid dienone is 7. The highest BCUT2D eigenvalue weighted by Gasteiger charge is 2.53. The van der Waals surface area contributed by atoms with E-state index in [1.807, 2.05) is 62.4 Å². The van der Waals surface area contributed by atoms with Crippen molar-refractivity contribution < 1.29 is 68.1 Å². The van der Waals surface area contributed by atoms with Crippen LogP contribution in [0.4, 0.5) is 0 Å². The minimum atomic E-state index is -2.52. The third-order valence-electron chi connectivity index (χ3n) is 16.0. The summed E-state index contributed by atoms with van der Waals surface area (Å²) in [6.45, 7) is 14.5. The molecule has 3 fully saturated rings. The van der Waals surface area contributed by atoms with Gasteiger partial charge in [-0.1, -0.05) is 101 Å². The van der Waals surface area contributed by atoms with Crippen molar-refractivity contribution in [3.63, 3.8) is 0 Å². The molecule has 0 spiro atoms. The van der Waals surface area contributed by atoms with Gasteiger partial charge in [0, 0.05) is 51.4 Å². The smallest absolute Gasteiger partial charge is 0.329 e. The lowest BCUT2D eigenvalue weighted by Gasteiger charge is -2.43. The van der Waals surface area contributed by atoms with Crippen LogP contribution in [0.3, 0.4) is 0 Å². The molecule has 2 bridgehead atoms. The number of cyclic esters (lactones) is 1. The van der Waals surface area contributed by atoms with Crippen molar-refractivity contribution in [1.82, 2.24) is 4.90 Å². The number of ether oxygens (including phenoxy) is 5. The summed E-state index contributed by atoms with van der Waals surface area (Å²) in [5.41, 5.74) is 1.78. The first-order chi connectivity index (χ1) is 35.2. The van der Waals surface area contributed by atoms with E-state index in [-0.39, 0.29) is 67.8 Å². The van der Waals surface area contributed by atoms with Gasteiger partial charge in [-0.05, 0) is 113 Å². The van der Waals surface area contributed by atoms with Gasteiger partial charge in [-0.15, -0.1) is 6.58 Å². The van der Waals surface area contributed by atoms with Crippen LogP contribution in [0.5, 0.6) is 0 Å². The number of rotatable bonds is 10. The lowest BCUT2D eigenvalue weighted by Crippen LogP contribution is -2.61. The van der Waals surface area contributed by atoms with E-state index in [0.717, 1.165) is 5.57 Å². The maximum Gasteiger partial charge on any atom is 0.329 e. The number of esters is 1. The fourth-order valence-electron chi connectivity index (χ4n) is 11.0. The van der Waals surface area contributed by atoms with E-state index in [1.54, 1.807) is 59.1 Å². The van der Waals surface area contributed by atoms with E-state index in [4.69, 9.17) is 23.7 Å². The molecule has 15 nitrogen and oxygen atoms in total. The molecule has 1 amide bonds. The van der Waals surface area contributed by atoms with Crippen molar-refractivity contribution in [2.75, 3.05) is 27.4 Å². The van der Waals surface area contributed by atoms with Gasteiger partial charge in [-0.25, -0.2) is 4.79 Å². The summed E-state index contributed by atoms with van der Waals surface area (Å²) in [6, 6.07) is 7.91. The van der Waals surface area contributed by atoms with Crippen molar-refractivity contribution in [2.24, 2.45) is 35.5 Å². The Morgan fingerprint density at radius 1 is 0.892 bits per heavy atom. The van der Waals surface area contributed by atoms with Crippen molar-refractivity contribution in [3.8, 4) is 0 Å². The van der Waals surface area contributed by atoms with Gasteiger partial charge in [0.05, 0.1) is 31.0 Å². The van der Waals surface area contributed by atoms with Crippen LogP contribution < -0.4 is 0 Å². The average molecular weight is 1030 g/mol. The fourth-order valence-corrected chi connectivity index (χ4v) is 11.0. The van der Waals surface area contributed by atoms with Gasteiger partial charge in [0.15, 0.2) is 5.78 Å². The van der Waals surface area contributed by atoms with Gasteiger partial charge < -0.3 is 49.0 Å². The molecule has 1 aromatic rings. The van der Waals surface area contributed by atoms with Crippen molar-refractivity contribution in [1.29, 1.82) is 0 Å². The summed E-state index contributed by atoms with van der Waals surface area (Å²) < 4.78 is 30.2. The normalized spacial score (nSPS) is 37.3. The number of aliphatic hydroxyl groups excluding tert-OH is 3. The third-order valence-corrected chi connectivity index (χ3v) is 16.0. The Kier molecular flexibility index (Phi) is 23.4. The number of fused-ring (bicyclic) bond motifs is 3. The molecule has 410 valence electrons. The number of hydrogen-bond acceptors (Lipinski definition) is 14. The molecule has 0 aromatic heterocycles. The van der Waals surface area contributed by atoms with Crippen molar-refractivity contribution >= 4 is 29.2 Å². The van der Waals surface area contributed by atoms with Gasteiger partial charge >= 0.3 is 5.97 Å². The Balaban J connectivity index is 1.50. The molecular weight excluding hydrogens is 947 g/mol. The molecular formula is C59H85NO14. The summed E-state index contributed by atoms with van der Waals surface area (Å²) >= 11 is 0. The number of ketones is 3. The second-order valence-electron chi connectivity index (χ2n) is 21.5. The molecule has 4 N–H and O–H groups in total. The third kappa shape index (κ3) is 16.0. The number of aliphatic hydroxyl groups is 4. The lowest BCUT2D eigenvalue weighted by atomic mass is 9.78. The van der Waals surface area contributed by atoms with E-state index in [0.29, 0.717) is 68.9 Å². The summed E-state index contributed by atoms with van der Waals surface area (Å²) in [4.78, 5) is 72.8. The van der Waals surface area contributed by atoms with Crippen LogP contribution in [-0.2, 0) is 47.7 Å². The Bertz CT molecular complexity index is 2170. The predicted molar refractivity (Wildman–Crippen MR) is 280 cm³/mol. The maximum absolute atomic E-state index is 14.5. The number of hydrogen-bond donors (Lipinski definition) is 4.